The Bertz CT molecular complexity index is 807. The average Bonchev–Trinajstić information content (AvgIpc) is 3.11. The van der Waals surface area contributed by atoms with Gasteiger partial charge in [-0.3, -0.25) is 4.79 Å². The van der Waals surface area contributed by atoms with Gasteiger partial charge >= 0.3 is 0 Å². The Balaban J connectivity index is 1.42. The number of carbonyl (C=O) groups is 1. The minimum atomic E-state index is 0.0261. The molecule has 27 heavy (non-hydrogen) atoms. The summed E-state index contributed by atoms with van der Waals surface area (Å²) in [6.07, 6.45) is 6.56. The van der Waals surface area contributed by atoms with E-state index in [1.807, 2.05) is 35.5 Å². The third-order valence-electron chi connectivity index (χ3n) is 5.35. The molecule has 0 aliphatic carbocycles. The molecule has 1 amide bonds. The summed E-state index contributed by atoms with van der Waals surface area (Å²) >= 11 is 0. The van der Waals surface area contributed by atoms with Crippen molar-refractivity contribution in [3.63, 3.8) is 0 Å². The monoisotopic (exact) mass is 365 g/mol. The highest BCUT2D eigenvalue weighted by Crippen LogP contribution is 2.27. The molecule has 0 bridgehead atoms. The average molecular weight is 365 g/mol. The van der Waals surface area contributed by atoms with Gasteiger partial charge in [0.25, 0.3) is 0 Å². The minimum absolute atomic E-state index is 0.0261. The highest BCUT2D eigenvalue weighted by atomic mass is 16.2. The molecule has 1 fully saturated rings. The van der Waals surface area contributed by atoms with Crippen LogP contribution in [0.5, 0.6) is 0 Å². The summed E-state index contributed by atoms with van der Waals surface area (Å²) in [5.41, 5.74) is 2.11. The lowest BCUT2D eigenvalue weighted by atomic mass is 9.96. The summed E-state index contributed by atoms with van der Waals surface area (Å²) in [7, 11) is 0. The van der Waals surface area contributed by atoms with Crippen molar-refractivity contribution in [2.24, 2.45) is 11.8 Å². The zero-order chi connectivity index (χ0) is 18.8. The van der Waals surface area contributed by atoms with Crippen LogP contribution in [0, 0.1) is 11.8 Å². The number of aromatic nitrogens is 3. The van der Waals surface area contributed by atoms with E-state index in [1.54, 1.807) is 0 Å². The number of piperidine rings is 1. The molecule has 1 atom stereocenters. The maximum Gasteiger partial charge on any atom is 0.228 e. The molecule has 142 valence electrons. The number of amides is 1. The third kappa shape index (κ3) is 3.94. The maximum absolute atomic E-state index is 13.1. The Morgan fingerprint density at radius 3 is 2.93 bits per heavy atom. The van der Waals surface area contributed by atoms with Crippen LogP contribution in [0.2, 0.25) is 0 Å². The molecular formula is C21H27N5O. The van der Waals surface area contributed by atoms with Crippen LogP contribution in [0.15, 0.2) is 30.6 Å². The van der Waals surface area contributed by atoms with Gasteiger partial charge in [0.15, 0.2) is 0 Å². The van der Waals surface area contributed by atoms with Crippen molar-refractivity contribution >= 4 is 11.7 Å². The first-order valence-corrected chi connectivity index (χ1v) is 9.88. The van der Waals surface area contributed by atoms with Crippen molar-refractivity contribution in [3.05, 3.63) is 47.7 Å². The number of fused-ring (bicyclic) bond motifs is 1. The van der Waals surface area contributed by atoms with E-state index in [0.717, 1.165) is 55.3 Å². The first-order valence-electron chi connectivity index (χ1n) is 9.88. The van der Waals surface area contributed by atoms with Gasteiger partial charge in [-0.25, -0.2) is 15.0 Å². The Labute approximate surface area is 160 Å². The van der Waals surface area contributed by atoms with Crippen LogP contribution in [-0.4, -0.2) is 38.8 Å². The molecule has 0 radical (unpaired) electrons. The van der Waals surface area contributed by atoms with Gasteiger partial charge in [-0.05, 0) is 30.9 Å². The molecule has 2 aromatic rings. The van der Waals surface area contributed by atoms with Gasteiger partial charge < -0.3 is 9.80 Å². The predicted molar refractivity (Wildman–Crippen MR) is 104 cm³/mol. The summed E-state index contributed by atoms with van der Waals surface area (Å²) in [5.74, 6) is 2.64. The summed E-state index contributed by atoms with van der Waals surface area (Å²) in [6, 6.07) is 5.94. The molecule has 1 unspecified atom stereocenters. The zero-order valence-corrected chi connectivity index (χ0v) is 16.1. The van der Waals surface area contributed by atoms with E-state index in [0.29, 0.717) is 19.0 Å². The highest BCUT2D eigenvalue weighted by Gasteiger charge is 2.33. The van der Waals surface area contributed by atoms with Crippen LogP contribution in [0.4, 0.5) is 5.82 Å². The molecule has 0 aromatic carbocycles. The smallest absolute Gasteiger partial charge is 0.228 e. The number of anilines is 1. The first kappa shape index (κ1) is 17.9. The van der Waals surface area contributed by atoms with Gasteiger partial charge in [0.05, 0.1) is 18.2 Å². The lowest BCUT2D eigenvalue weighted by molar-refractivity contribution is -0.136. The van der Waals surface area contributed by atoms with E-state index < -0.39 is 0 Å². The van der Waals surface area contributed by atoms with Crippen LogP contribution in [0.1, 0.15) is 43.8 Å². The first-order chi connectivity index (χ1) is 13.1. The topological polar surface area (TPSA) is 62.2 Å². The largest absolute Gasteiger partial charge is 0.356 e. The number of carbonyl (C=O) groups excluding carboxylic acids is 1. The fourth-order valence-electron chi connectivity index (χ4n) is 4.00. The summed E-state index contributed by atoms with van der Waals surface area (Å²) in [6.45, 7) is 7.29. The molecule has 0 saturated carbocycles. The predicted octanol–water partition coefficient (Wildman–Crippen LogP) is 2.83. The van der Waals surface area contributed by atoms with Crippen LogP contribution < -0.4 is 4.90 Å². The standard InChI is InChI=1S/C21H27N5O/c1-15(2)10-19-23-11-17-13-26(14-18(17)24-19)21(27)16-6-5-9-25(12-16)20-7-3-4-8-22-20/h3-4,7-8,11,15-16H,5-6,9-10,12-14H2,1-2H3. The quantitative estimate of drug-likeness (QED) is 0.834. The maximum atomic E-state index is 13.1. The van der Waals surface area contributed by atoms with Crippen molar-refractivity contribution in [2.75, 3.05) is 18.0 Å². The third-order valence-corrected chi connectivity index (χ3v) is 5.35. The lowest BCUT2D eigenvalue weighted by Crippen LogP contribution is -2.43. The molecule has 4 heterocycles. The Hall–Kier alpha value is -2.50. The van der Waals surface area contributed by atoms with E-state index in [2.05, 4.69) is 28.7 Å². The fraction of sp³-hybridized carbons (Fsp3) is 0.524. The van der Waals surface area contributed by atoms with Crippen LogP contribution in [0.25, 0.3) is 0 Å². The number of pyridine rings is 1. The van der Waals surface area contributed by atoms with E-state index in [4.69, 9.17) is 4.98 Å². The summed E-state index contributed by atoms with van der Waals surface area (Å²) in [4.78, 5) is 31.0. The molecule has 6 heteroatoms. The van der Waals surface area contributed by atoms with Crippen molar-refractivity contribution in [1.82, 2.24) is 19.9 Å². The van der Waals surface area contributed by atoms with Gasteiger partial charge in [-0.2, -0.15) is 0 Å². The Morgan fingerprint density at radius 2 is 2.15 bits per heavy atom. The van der Waals surface area contributed by atoms with Crippen molar-refractivity contribution in [1.29, 1.82) is 0 Å². The van der Waals surface area contributed by atoms with E-state index in [1.165, 1.54) is 0 Å². The molecule has 4 rings (SSSR count). The molecule has 0 N–H and O–H groups in total. The normalized spacial score (nSPS) is 19.4. The van der Waals surface area contributed by atoms with Crippen molar-refractivity contribution in [3.8, 4) is 0 Å². The second-order valence-electron chi connectivity index (χ2n) is 8.02. The summed E-state index contributed by atoms with van der Waals surface area (Å²) in [5, 5.41) is 0. The lowest BCUT2D eigenvalue weighted by Gasteiger charge is -2.34. The van der Waals surface area contributed by atoms with Gasteiger partial charge in [0.1, 0.15) is 11.6 Å². The van der Waals surface area contributed by atoms with Gasteiger partial charge in [0, 0.05) is 44.0 Å². The number of rotatable bonds is 4. The highest BCUT2D eigenvalue weighted by molar-refractivity contribution is 5.80. The van der Waals surface area contributed by atoms with Gasteiger partial charge in [0.2, 0.25) is 5.91 Å². The Kier molecular flexibility index (Phi) is 5.05. The van der Waals surface area contributed by atoms with Crippen molar-refractivity contribution < 1.29 is 4.79 Å². The van der Waals surface area contributed by atoms with Gasteiger partial charge in [-0.15, -0.1) is 0 Å². The van der Waals surface area contributed by atoms with Crippen LogP contribution in [-0.2, 0) is 24.3 Å². The van der Waals surface area contributed by atoms with E-state index in [-0.39, 0.29) is 11.8 Å². The van der Waals surface area contributed by atoms with Crippen LogP contribution >= 0.6 is 0 Å². The number of hydrogen-bond donors (Lipinski definition) is 0. The van der Waals surface area contributed by atoms with E-state index in [9.17, 15) is 4.79 Å². The molecule has 2 aromatic heterocycles. The molecule has 2 aliphatic heterocycles. The molecule has 2 aliphatic rings. The van der Waals surface area contributed by atoms with E-state index >= 15 is 0 Å². The second kappa shape index (κ2) is 7.62. The summed E-state index contributed by atoms with van der Waals surface area (Å²) < 4.78 is 0. The Morgan fingerprint density at radius 1 is 1.26 bits per heavy atom. The molecule has 1 saturated heterocycles. The number of nitrogens with zero attached hydrogens (tertiary/aromatic N) is 5. The molecule has 6 nitrogen and oxygen atoms in total. The molecular weight excluding hydrogens is 338 g/mol. The van der Waals surface area contributed by atoms with Gasteiger partial charge in [-0.1, -0.05) is 19.9 Å². The fourth-order valence-corrected chi connectivity index (χ4v) is 4.00. The molecule has 0 spiro atoms. The minimum Gasteiger partial charge on any atom is -0.356 e. The second-order valence-corrected chi connectivity index (χ2v) is 8.02. The van der Waals surface area contributed by atoms with Crippen LogP contribution in [0.3, 0.4) is 0 Å². The van der Waals surface area contributed by atoms with Crippen molar-refractivity contribution in [2.45, 2.75) is 46.2 Å². The number of hydrogen-bond acceptors (Lipinski definition) is 5. The zero-order valence-electron chi connectivity index (χ0n) is 16.1. The SMILES string of the molecule is CC(C)Cc1ncc2c(n1)CN(C(=O)C1CCCN(c3ccccn3)C1)C2.